The van der Waals surface area contributed by atoms with Crippen LogP contribution >= 0.6 is 0 Å². The minimum atomic E-state index is 0.123. The molecule has 3 atom stereocenters. The zero-order valence-corrected chi connectivity index (χ0v) is 10.8. The smallest absolute Gasteiger partial charge is 0.146 e. The fraction of sp³-hybridized carbons (Fsp3) is 1.00. The number of fused-ring (bicyclic) bond motifs is 1. The zero-order valence-electron chi connectivity index (χ0n) is 10.8. The molecule has 0 radical (unpaired) electrons. The molecule has 4 fully saturated rings. The molecular formula is C14H22O3. The third-order valence-electron chi connectivity index (χ3n) is 6.40. The Morgan fingerprint density at radius 1 is 1.18 bits per heavy atom. The van der Waals surface area contributed by atoms with E-state index in [4.69, 9.17) is 14.2 Å². The van der Waals surface area contributed by atoms with E-state index in [1.54, 1.807) is 7.11 Å². The summed E-state index contributed by atoms with van der Waals surface area (Å²) in [5.41, 5.74) is 0.977. The molecule has 3 saturated carbocycles. The lowest BCUT2D eigenvalue weighted by molar-refractivity contribution is -0.149. The van der Waals surface area contributed by atoms with E-state index >= 15 is 0 Å². The molecule has 0 aromatic heterocycles. The molecule has 3 nitrogen and oxygen atoms in total. The van der Waals surface area contributed by atoms with Gasteiger partial charge in [-0.1, -0.05) is 12.8 Å². The van der Waals surface area contributed by atoms with Crippen LogP contribution in [0.5, 0.6) is 0 Å². The zero-order chi connectivity index (χ0) is 11.7. The highest BCUT2D eigenvalue weighted by molar-refractivity contribution is 5.33. The van der Waals surface area contributed by atoms with E-state index in [0.29, 0.717) is 23.7 Å². The number of ether oxygens (including phenoxy) is 3. The molecule has 4 rings (SSSR count). The highest BCUT2D eigenvalue weighted by Gasteiger charge is 2.85. The highest BCUT2D eigenvalue weighted by Crippen LogP contribution is 2.80. The van der Waals surface area contributed by atoms with Crippen LogP contribution in [-0.4, -0.2) is 31.7 Å². The Hall–Kier alpha value is -0.120. The molecule has 0 amide bonds. The summed E-state index contributed by atoms with van der Waals surface area (Å²) in [5.74, 6) is 0. The number of rotatable bonds is 3. The summed E-state index contributed by atoms with van der Waals surface area (Å²) in [6.45, 7) is 2.75. The van der Waals surface area contributed by atoms with Crippen molar-refractivity contribution in [3.8, 4) is 0 Å². The predicted octanol–water partition coefficient (Wildman–Crippen LogP) is 2.49. The fourth-order valence-electron chi connectivity index (χ4n) is 5.83. The Morgan fingerprint density at radius 2 is 1.88 bits per heavy atom. The van der Waals surface area contributed by atoms with Crippen LogP contribution in [0.3, 0.4) is 0 Å². The first-order valence-corrected chi connectivity index (χ1v) is 6.99. The van der Waals surface area contributed by atoms with Crippen LogP contribution in [0.2, 0.25) is 0 Å². The van der Waals surface area contributed by atoms with Crippen LogP contribution in [0.4, 0.5) is 0 Å². The Balaban J connectivity index is 1.74. The normalized spacial score (nSPS) is 58.9. The van der Waals surface area contributed by atoms with Gasteiger partial charge in [0.1, 0.15) is 18.5 Å². The summed E-state index contributed by atoms with van der Waals surface area (Å²) in [4.78, 5) is 0. The van der Waals surface area contributed by atoms with Gasteiger partial charge in [0.15, 0.2) is 0 Å². The topological polar surface area (TPSA) is 31.0 Å². The summed E-state index contributed by atoms with van der Waals surface area (Å²) in [6, 6.07) is 0. The number of hydrogen-bond acceptors (Lipinski definition) is 3. The second kappa shape index (κ2) is 3.06. The summed E-state index contributed by atoms with van der Waals surface area (Å²) < 4.78 is 17.2. The second-order valence-electron chi connectivity index (χ2n) is 6.58. The quantitative estimate of drug-likeness (QED) is 0.559. The molecule has 4 aliphatic rings. The van der Waals surface area contributed by atoms with Gasteiger partial charge >= 0.3 is 0 Å². The molecule has 1 aliphatic heterocycles. The third-order valence-corrected chi connectivity index (χ3v) is 6.40. The van der Waals surface area contributed by atoms with Gasteiger partial charge in [0.25, 0.3) is 0 Å². The van der Waals surface area contributed by atoms with E-state index in [1.807, 2.05) is 0 Å². The van der Waals surface area contributed by atoms with Crippen molar-refractivity contribution in [2.45, 2.75) is 63.3 Å². The number of epoxide rings is 1. The van der Waals surface area contributed by atoms with E-state index in [2.05, 4.69) is 6.92 Å². The average Bonchev–Trinajstić information content (AvgIpc) is 2.68. The Bertz CT molecular complexity index is 343. The van der Waals surface area contributed by atoms with Crippen molar-refractivity contribution in [3.63, 3.8) is 0 Å². The van der Waals surface area contributed by atoms with E-state index in [-0.39, 0.29) is 11.7 Å². The molecule has 0 N–H and O–H groups in total. The monoisotopic (exact) mass is 238 g/mol. The van der Waals surface area contributed by atoms with Crippen molar-refractivity contribution in [3.05, 3.63) is 0 Å². The molecule has 3 heteroatoms. The van der Waals surface area contributed by atoms with Gasteiger partial charge in [-0.2, -0.15) is 0 Å². The lowest BCUT2D eigenvalue weighted by Gasteiger charge is -2.42. The first kappa shape index (κ1) is 10.8. The lowest BCUT2D eigenvalue weighted by Crippen LogP contribution is -2.44. The van der Waals surface area contributed by atoms with Crippen LogP contribution in [0, 0.1) is 10.8 Å². The Morgan fingerprint density at radius 3 is 2.53 bits per heavy atom. The van der Waals surface area contributed by atoms with Crippen molar-refractivity contribution >= 4 is 0 Å². The Kier molecular flexibility index (Phi) is 1.94. The maximum Gasteiger partial charge on any atom is 0.146 e. The van der Waals surface area contributed by atoms with Crippen molar-refractivity contribution in [2.75, 3.05) is 13.9 Å². The molecule has 17 heavy (non-hydrogen) atoms. The van der Waals surface area contributed by atoms with Gasteiger partial charge in [0, 0.05) is 17.9 Å². The summed E-state index contributed by atoms with van der Waals surface area (Å²) in [7, 11) is 1.70. The van der Waals surface area contributed by atoms with Crippen LogP contribution < -0.4 is 0 Å². The summed E-state index contributed by atoms with van der Waals surface area (Å²) in [6.07, 6.45) is 8.75. The van der Waals surface area contributed by atoms with E-state index in [9.17, 15) is 0 Å². The van der Waals surface area contributed by atoms with Gasteiger partial charge in [-0.15, -0.1) is 0 Å². The molecule has 96 valence electrons. The van der Waals surface area contributed by atoms with Gasteiger partial charge in [0.05, 0.1) is 6.10 Å². The molecule has 0 unspecified atom stereocenters. The Labute approximate surface area is 103 Å². The van der Waals surface area contributed by atoms with Gasteiger partial charge in [-0.25, -0.2) is 0 Å². The van der Waals surface area contributed by atoms with Crippen LogP contribution in [0.25, 0.3) is 0 Å². The maximum absolute atomic E-state index is 6.08. The minimum Gasteiger partial charge on any atom is -0.363 e. The van der Waals surface area contributed by atoms with Gasteiger partial charge in [-0.05, 0) is 32.6 Å². The first-order valence-electron chi connectivity index (χ1n) is 6.99. The number of hydrogen-bond donors (Lipinski definition) is 0. The summed E-state index contributed by atoms with van der Waals surface area (Å²) >= 11 is 0. The van der Waals surface area contributed by atoms with E-state index in [0.717, 1.165) is 0 Å². The van der Waals surface area contributed by atoms with Crippen LogP contribution in [0.1, 0.15) is 45.4 Å². The third kappa shape index (κ3) is 0.946. The molecule has 1 heterocycles. The van der Waals surface area contributed by atoms with E-state index in [1.165, 1.54) is 38.5 Å². The van der Waals surface area contributed by atoms with Crippen LogP contribution in [-0.2, 0) is 14.2 Å². The maximum atomic E-state index is 6.08. The predicted molar refractivity (Wildman–Crippen MR) is 62.6 cm³/mol. The molecule has 0 aromatic rings. The highest BCUT2D eigenvalue weighted by atomic mass is 16.7. The standard InChI is InChI=1S/C14H22O3/c1-12-10(17-12)11(16-9-15-2)13-5-3-7-14(12,13)8-4-6-13/h10-11H,3-9H2,1-2H3/t10-,11+,12-,13?,14?/m1/s1. The van der Waals surface area contributed by atoms with Gasteiger partial charge < -0.3 is 14.2 Å². The largest absolute Gasteiger partial charge is 0.363 e. The fourth-order valence-corrected chi connectivity index (χ4v) is 5.83. The lowest BCUT2D eigenvalue weighted by atomic mass is 9.65. The van der Waals surface area contributed by atoms with Crippen molar-refractivity contribution < 1.29 is 14.2 Å². The first-order chi connectivity index (χ1) is 8.20. The molecule has 1 saturated heterocycles. The van der Waals surface area contributed by atoms with E-state index < -0.39 is 0 Å². The molecular weight excluding hydrogens is 216 g/mol. The summed E-state index contributed by atoms with van der Waals surface area (Å²) in [5, 5.41) is 0. The van der Waals surface area contributed by atoms with Crippen LogP contribution in [0.15, 0.2) is 0 Å². The molecule has 0 aromatic carbocycles. The molecule has 0 spiro atoms. The SMILES string of the molecule is COCO[C@H]1[C@H]2O[C@@]2(C)C23CCCC12CCC3. The molecule has 0 bridgehead atoms. The van der Waals surface area contributed by atoms with Crippen molar-refractivity contribution in [1.82, 2.24) is 0 Å². The molecule has 3 aliphatic carbocycles. The van der Waals surface area contributed by atoms with Gasteiger partial charge in [-0.3, -0.25) is 0 Å². The van der Waals surface area contributed by atoms with Gasteiger partial charge in [0.2, 0.25) is 0 Å². The minimum absolute atomic E-state index is 0.123. The number of methoxy groups -OCH3 is 1. The second-order valence-corrected chi connectivity index (χ2v) is 6.58. The van der Waals surface area contributed by atoms with Crippen molar-refractivity contribution in [2.24, 2.45) is 10.8 Å². The van der Waals surface area contributed by atoms with Crippen molar-refractivity contribution in [1.29, 1.82) is 0 Å². The average molecular weight is 238 g/mol.